The average Bonchev–Trinajstić information content (AvgIpc) is 2.93. The van der Waals surface area contributed by atoms with Crippen molar-refractivity contribution >= 4 is 0 Å². The van der Waals surface area contributed by atoms with Crippen LogP contribution in [-0.2, 0) is 33.2 Å². The van der Waals surface area contributed by atoms with Gasteiger partial charge in [0.05, 0.1) is 25.4 Å². The van der Waals surface area contributed by atoms with Gasteiger partial charge in [0.15, 0.2) is 25.2 Å². The third-order valence-electron chi connectivity index (χ3n) is 7.71. The molecule has 0 saturated carbocycles. The van der Waals surface area contributed by atoms with E-state index in [1.807, 2.05) is 0 Å². The molecule has 4 fully saturated rings. The number of aliphatic hydroxyl groups is 11. The molecule has 4 aliphatic rings. The van der Waals surface area contributed by atoms with Gasteiger partial charge in [-0.3, -0.25) is 0 Å². The van der Waals surface area contributed by atoms with E-state index in [4.69, 9.17) is 33.2 Å². The van der Waals surface area contributed by atoms with Crippen molar-refractivity contribution in [3.63, 3.8) is 0 Å². The summed E-state index contributed by atoms with van der Waals surface area (Å²) >= 11 is 0. The van der Waals surface area contributed by atoms with Crippen molar-refractivity contribution in [1.82, 2.24) is 0 Å². The van der Waals surface area contributed by atoms with Crippen LogP contribution in [0.4, 0.5) is 0 Å². The maximum atomic E-state index is 10.7. The van der Waals surface area contributed by atoms with Crippen molar-refractivity contribution in [2.45, 2.75) is 131 Å². The molecule has 4 rings (SSSR count). The number of hydrogen-bond donors (Lipinski definition) is 11. The molecule has 0 unspecified atom stereocenters. The number of aliphatic hydroxyl groups excluding tert-OH is 11. The van der Waals surface area contributed by atoms with Crippen molar-refractivity contribution in [2.24, 2.45) is 0 Å². The fraction of sp³-hybridized carbons (Fsp3) is 1.00. The highest BCUT2D eigenvalue weighted by Gasteiger charge is 2.52. The first kappa shape index (κ1) is 33.2. The third kappa shape index (κ3) is 6.85. The first-order chi connectivity index (χ1) is 19.2. The fourth-order valence-corrected chi connectivity index (χ4v) is 5.06. The Balaban J connectivity index is 1.32. The molecule has 0 radical (unpaired) electrons. The van der Waals surface area contributed by atoms with Crippen LogP contribution in [-0.4, -0.2) is 186 Å². The topological polar surface area (TPSA) is 287 Å². The highest BCUT2D eigenvalue weighted by Crippen LogP contribution is 2.31. The lowest BCUT2D eigenvalue weighted by molar-refractivity contribution is -0.376. The highest BCUT2D eigenvalue weighted by atomic mass is 16.8. The summed E-state index contributed by atoms with van der Waals surface area (Å²) in [5.74, 6) is 0. The van der Waals surface area contributed by atoms with Gasteiger partial charge in [-0.05, 0) is 13.8 Å². The summed E-state index contributed by atoms with van der Waals surface area (Å²) in [4.78, 5) is 0. The largest absolute Gasteiger partial charge is 0.388 e. The molecule has 41 heavy (non-hydrogen) atoms. The molecule has 0 aromatic heterocycles. The van der Waals surface area contributed by atoms with Crippen LogP contribution in [0.5, 0.6) is 0 Å². The zero-order valence-corrected chi connectivity index (χ0v) is 22.2. The molecular weight excluding hydrogens is 564 g/mol. The Bertz CT molecular complexity index is 838. The SMILES string of the molecule is C[C@@H]1O[C@@H](OC[C@H]2O[C@@H](O)[C@H](O[C@@H]3O[C@@H](C)[C@H](O[C@@H]4OC[C@@H](O)[C@H](O)[C@H]4O)[C@@H](O)[C@H]3O)[C@@H](O)[C@@H]2O)[C@H](O)[C@H](O)[C@H]1O. The first-order valence-corrected chi connectivity index (χ1v) is 13.2. The van der Waals surface area contributed by atoms with Crippen molar-refractivity contribution in [2.75, 3.05) is 13.2 Å². The zero-order valence-electron chi connectivity index (χ0n) is 22.2. The minimum atomic E-state index is -1.90. The smallest absolute Gasteiger partial charge is 0.187 e. The highest BCUT2D eigenvalue weighted by molar-refractivity contribution is 4.95. The molecule has 0 aliphatic carbocycles. The molecule has 0 bridgehead atoms. The molecule has 0 amide bonds. The molecule has 18 nitrogen and oxygen atoms in total. The van der Waals surface area contributed by atoms with Crippen molar-refractivity contribution < 1.29 is 89.3 Å². The van der Waals surface area contributed by atoms with Crippen molar-refractivity contribution in [3.8, 4) is 0 Å². The Labute approximate surface area is 233 Å². The van der Waals surface area contributed by atoms with Crippen LogP contribution in [0, 0.1) is 0 Å². The van der Waals surface area contributed by atoms with E-state index >= 15 is 0 Å². The Morgan fingerprint density at radius 1 is 0.537 bits per heavy atom. The second kappa shape index (κ2) is 13.5. The van der Waals surface area contributed by atoms with E-state index in [1.54, 1.807) is 0 Å². The van der Waals surface area contributed by atoms with Gasteiger partial charge in [0.25, 0.3) is 0 Å². The maximum absolute atomic E-state index is 10.7. The van der Waals surface area contributed by atoms with Gasteiger partial charge in [0, 0.05) is 0 Å². The van der Waals surface area contributed by atoms with Crippen LogP contribution < -0.4 is 0 Å². The number of ether oxygens (including phenoxy) is 7. The van der Waals surface area contributed by atoms with E-state index in [0.29, 0.717) is 0 Å². The Morgan fingerprint density at radius 3 is 1.78 bits per heavy atom. The molecule has 4 saturated heterocycles. The van der Waals surface area contributed by atoms with Gasteiger partial charge >= 0.3 is 0 Å². The second-order valence-electron chi connectivity index (χ2n) is 10.7. The summed E-state index contributed by atoms with van der Waals surface area (Å²) in [6, 6.07) is 0. The Hall–Kier alpha value is -0.720. The van der Waals surface area contributed by atoms with E-state index < -0.39 is 123 Å². The standard InChI is InChI=1S/C23H40O18/c1-5-9(25)12(28)16(32)21(37-5)36-4-8-11(27)13(29)19(20(34)39-8)41-23-17(33)14(30)18(6(2)38-23)40-22-15(31)10(26)7(24)3-35-22/h5-34H,3-4H2,1-2H3/t5-,6-,7+,8+,9-,10-,11+,12+,13-,14-,15+,16+,17+,18-,19+,20+,21+,22-,23-/m0/s1. The number of rotatable bonds is 7. The van der Waals surface area contributed by atoms with E-state index in [2.05, 4.69) is 0 Å². The van der Waals surface area contributed by atoms with E-state index in [9.17, 15) is 56.2 Å². The quantitative estimate of drug-likeness (QED) is 0.129. The molecule has 0 aromatic rings. The summed E-state index contributed by atoms with van der Waals surface area (Å²) in [5, 5.41) is 112. The zero-order chi connectivity index (χ0) is 30.3. The van der Waals surface area contributed by atoms with Gasteiger partial charge in [0.1, 0.15) is 79.4 Å². The molecule has 4 heterocycles. The lowest BCUT2D eigenvalue weighted by Crippen LogP contribution is -2.65. The molecule has 0 aromatic carbocycles. The second-order valence-corrected chi connectivity index (χ2v) is 10.7. The lowest BCUT2D eigenvalue weighted by atomic mass is 9.97. The van der Waals surface area contributed by atoms with Crippen LogP contribution in [0.2, 0.25) is 0 Å². The van der Waals surface area contributed by atoms with Crippen molar-refractivity contribution in [3.05, 3.63) is 0 Å². The maximum Gasteiger partial charge on any atom is 0.187 e. The molecule has 19 atom stereocenters. The van der Waals surface area contributed by atoms with Crippen LogP contribution in [0.15, 0.2) is 0 Å². The van der Waals surface area contributed by atoms with Gasteiger partial charge in [0.2, 0.25) is 0 Å². The lowest BCUT2D eigenvalue weighted by Gasteiger charge is -2.47. The first-order valence-electron chi connectivity index (χ1n) is 13.2. The van der Waals surface area contributed by atoms with Gasteiger partial charge in [-0.1, -0.05) is 0 Å². The summed E-state index contributed by atoms with van der Waals surface area (Å²) in [6.07, 6.45) is -29.0. The monoisotopic (exact) mass is 604 g/mol. The predicted molar refractivity (Wildman–Crippen MR) is 125 cm³/mol. The van der Waals surface area contributed by atoms with Gasteiger partial charge in [-0.2, -0.15) is 0 Å². The molecule has 240 valence electrons. The normalized spacial score (nSPS) is 55.1. The van der Waals surface area contributed by atoms with Crippen molar-refractivity contribution in [1.29, 1.82) is 0 Å². The fourth-order valence-electron chi connectivity index (χ4n) is 5.06. The summed E-state index contributed by atoms with van der Waals surface area (Å²) in [5.41, 5.74) is 0. The molecular formula is C23H40O18. The summed E-state index contributed by atoms with van der Waals surface area (Å²) in [6.45, 7) is 1.96. The van der Waals surface area contributed by atoms with Crippen LogP contribution >= 0.6 is 0 Å². The average molecular weight is 605 g/mol. The molecule has 0 spiro atoms. The summed E-state index contributed by atoms with van der Waals surface area (Å²) < 4.78 is 37.6. The van der Waals surface area contributed by atoms with E-state index in [0.717, 1.165) is 0 Å². The number of hydrogen-bond acceptors (Lipinski definition) is 18. The van der Waals surface area contributed by atoms with Crippen LogP contribution in [0.25, 0.3) is 0 Å². The third-order valence-corrected chi connectivity index (χ3v) is 7.71. The molecule has 11 N–H and O–H groups in total. The molecule has 4 aliphatic heterocycles. The summed E-state index contributed by atoms with van der Waals surface area (Å²) in [7, 11) is 0. The van der Waals surface area contributed by atoms with Gasteiger partial charge in [-0.15, -0.1) is 0 Å². The van der Waals surface area contributed by atoms with Crippen LogP contribution in [0.1, 0.15) is 13.8 Å². The van der Waals surface area contributed by atoms with E-state index in [-0.39, 0.29) is 6.61 Å². The van der Waals surface area contributed by atoms with E-state index in [1.165, 1.54) is 13.8 Å². The van der Waals surface area contributed by atoms with Gasteiger partial charge < -0.3 is 89.3 Å². The van der Waals surface area contributed by atoms with Gasteiger partial charge in [-0.25, -0.2) is 0 Å². The Morgan fingerprint density at radius 2 is 1.10 bits per heavy atom. The minimum Gasteiger partial charge on any atom is -0.388 e. The predicted octanol–water partition coefficient (Wildman–Crippen LogP) is -7.05. The minimum absolute atomic E-state index is 0.362. The molecule has 18 heteroatoms. The Kier molecular flexibility index (Phi) is 10.9. The van der Waals surface area contributed by atoms with Crippen LogP contribution in [0.3, 0.4) is 0 Å².